The quantitative estimate of drug-likeness (QED) is 0.855. The molecule has 2 fully saturated rings. The van der Waals surface area contributed by atoms with E-state index in [1.54, 1.807) is 11.3 Å². The maximum atomic E-state index is 5.76. The van der Waals surface area contributed by atoms with Crippen LogP contribution in [0.25, 0.3) is 0 Å². The average molecular weight is 229 g/mol. The molecule has 0 atom stereocenters. The maximum Gasteiger partial charge on any atom is 0.184 e. The van der Waals surface area contributed by atoms with E-state index >= 15 is 0 Å². The van der Waals surface area contributed by atoms with Gasteiger partial charge in [0.05, 0.1) is 0 Å². The van der Waals surface area contributed by atoms with E-state index in [0.29, 0.717) is 10.6 Å². The highest BCUT2D eigenvalue weighted by Gasteiger charge is 2.53. The molecule has 0 radical (unpaired) electrons. The molecule has 3 rings (SSSR count). The summed E-state index contributed by atoms with van der Waals surface area (Å²) in [4.78, 5) is 4.19. The summed E-state index contributed by atoms with van der Waals surface area (Å²) in [5, 5.41) is 6.87. The number of hydrogen-bond donors (Lipinski definition) is 1. The minimum absolute atomic E-state index is 0.605. The van der Waals surface area contributed by atoms with Gasteiger partial charge >= 0.3 is 0 Å². The van der Waals surface area contributed by atoms with Crippen LogP contribution in [0, 0.1) is 11.3 Å². The Kier molecular flexibility index (Phi) is 1.99. The first-order valence-corrected chi connectivity index (χ1v) is 6.39. The van der Waals surface area contributed by atoms with Gasteiger partial charge in [-0.15, -0.1) is 11.3 Å². The predicted octanol–water partition coefficient (Wildman–Crippen LogP) is 3.40. The van der Waals surface area contributed by atoms with E-state index in [-0.39, 0.29) is 0 Å². The number of rotatable bonds is 4. The van der Waals surface area contributed by atoms with Crippen molar-refractivity contribution in [2.75, 3.05) is 11.9 Å². The molecular formula is C10H13ClN2S. The molecule has 1 heterocycles. The fourth-order valence-corrected chi connectivity index (χ4v) is 3.01. The Morgan fingerprint density at radius 2 is 2.36 bits per heavy atom. The molecular weight excluding hydrogens is 216 g/mol. The second kappa shape index (κ2) is 3.11. The second-order valence-corrected chi connectivity index (χ2v) is 5.71. The Bertz CT molecular complexity index is 342. The predicted molar refractivity (Wildman–Crippen MR) is 60.0 cm³/mol. The van der Waals surface area contributed by atoms with Crippen molar-refractivity contribution >= 4 is 28.1 Å². The van der Waals surface area contributed by atoms with Gasteiger partial charge in [0.2, 0.25) is 0 Å². The summed E-state index contributed by atoms with van der Waals surface area (Å²) in [5.41, 5.74) is 0.637. The first-order valence-electron chi connectivity index (χ1n) is 5.13. The van der Waals surface area contributed by atoms with E-state index in [1.165, 1.54) is 25.7 Å². The SMILES string of the molecule is Clc1csc(NCC2(C3CC3)CC2)n1. The zero-order chi connectivity index (χ0) is 9.60. The van der Waals surface area contributed by atoms with Gasteiger partial charge in [-0.05, 0) is 37.0 Å². The van der Waals surface area contributed by atoms with Crippen molar-refractivity contribution in [1.29, 1.82) is 0 Å². The molecule has 1 aromatic heterocycles. The molecule has 4 heteroatoms. The number of aromatic nitrogens is 1. The minimum Gasteiger partial charge on any atom is -0.361 e. The molecule has 2 nitrogen and oxygen atoms in total. The second-order valence-electron chi connectivity index (χ2n) is 4.47. The number of thiazole rings is 1. The molecule has 2 aliphatic carbocycles. The number of hydrogen-bond acceptors (Lipinski definition) is 3. The van der Waals surface area contributed by atoms with Gasteiger partial charge in [0.1, 0.15) is 5.15 Å². The highest BCUT2D eigenvalue weighted by atomic mass is 35.5. The van der Waals surface area contributed by atoms with Gasteiger partial charge in [0.25, 0.3) is 0 Å². The van der Waals surface area contributed by atoms with Gasteiger partial charge < -0.3 is 5.32 Å². The molecule has 0 amide bonds. The van der Waals surface area contributed by atoms with Crippen LogP contribution in [0.5, 0.6) is 0 Å². The van der Waals surface area contributed by atoms with Gasteiger partial charge in [0, 0.05) is 11.9 Å². The fourth-order valence-electron chi connectivity index (χ4n) is 2.17. The van der Waals surface area contributed by atoms with Crippen molar-refractivity contribution < 1.29 is 0 Å². The van der Waals surface area contributed by atoms with Crippen LogP contribution in [0.4, 0.5) is 5.13 Å². The van der Waals surface area contributed by atoms with Crippen LogP contribution in [0.15, 0.2) is 5.38 Å². The summed E-state index contributed by atoms with van der Waals surface area (Å²) >= 11 is 7.36. The van der Waals surface area contributed by atoms with E-state index in [1.807, 2.05) is 5.38 Å². The van der Waals surface area contributed by atoms with Crippen LogP contribution in [-0.4, -0.2) is 11.5 Å². The summed E-state index contributed by atoms with van der Waals surface area (Å²) in [6.07, 6.45) is 5.70. The largest absolute Gasteiger partial charge is 0.361 e. The maximum absolute atomic E-state index is 5.76. The van der Waals surface area contributed by atoms with Crippen molar-refractivity contribution in [2.45, 2.75) is 25.7 Å². The van der Waals surface area contributed by atoms with Gasteiger partial charge in [-0.3, -0.25) is 0 Å². The van der Waals surface area contributed by atoms with E-state index < -0.39 is 0 Å². The highest BCUT2D eigenvalue weighted by molar-refractivity contribution is 7.14. The molecule has 76 valence electrons. The summed E-state index contributed by atoms with van der Waals surface area (Å²) in [6.45, 7) is 1.10. The number of nitrogens with one attached hydrogen (secondary N) is 1. The Morgan fingerprint density at radius 3 is 2.86 bits per heavy atom. The summed E-state index contributed by atoms with van der Waals surface area (Å²) in [5.74, 6) is 1.01. The van der Waals surface area contributed by atoms with Crippen LogP contribution in [0.2, 0.25) is 5.15 Å². The van der Waals surface area contributed by atoms with Gasteiger partial charge in [-0.1, -0.05) is 11.6 Å². The van der Waals surface area contributed by atoms with Crippen molar-refractivity contribution in [3.8, 4) is 0 Å². The molecule has 0 aliphatic heterocycles. The number of nitrogens with zero attached hydrogens (tertiary/aromatic N) is 1. The van der Waals surface area contributed by atoms with E-state index in [4.69, 9.17) is 11.6 Å². The van der Waals surface area contributed by atoms with Crippen LogP contribution in [0.3, 0.4) is 0 Å². The molecule has 0 saturated heterocycles. The van der Waals surface area contributed by atoms with Crippen LogP contribution < -0.4 is 5.32 Å². The first kappa shape index (κ1) is 8.98. The number of halogens is 1. The van der Waals surface area contributed by atoms with Crippen LogP contribution >= 0.6 is 22.9 Å². The monoisotopic (exact) mass is 228 g/mol. The molecule has 0 spiro atoms. The van der Waals surface area contributed by atoms with E-state index in [2.05, 4.69) is 10.3 Å². The lowest BCUT2D eigenvalue weighted by Crippen LogP contribution is -2.17. The topological polar surface area (TPSA) is 24.9 Å². The van der Waals surface area contributed by atoms with E-state index in [0.717, 1.165) is 17.6 Å². The zero-order valence-corrected chi connectivity index (χ0v) is 9.50. The molecule has 0 unspecified atom stereocenters. The Balaban J connectivity index is 1.59. The van der Waals surface area contributed by atoms with Gasteiger partial charge in [0.15, 0.2) is 5.13 Å². The van der Waals surface area contributed by atoms with Crippen molar-refractivity contribution in [2.24, 2.45) is 11.3 Å². The third kappa shape index (κ3) is 1.63. The molecule has 0 bridgehead atoms. The molecule has 1 aromatic rings. The Labute approximate surface area is 92.7 Å². The van der Waals surface area contributed by atoms with Crippen LogP contribution in [-0.2, 0) is 0 Å². The standard InChI is InChI=1S/C10H13ClN2S/c11-8-5-14-9(13-8)12-6-10(3-4-10)7-1-2-7/h5,7H,1-4,6H2,(H,12,13). The molecule has 1 N–H and O–H groups in total. The summed E-state index contributed by atoms with van der Waals surface area (Å²) in [6, 6.07) is 0. The van der Waals surface area contributed by atoms with Crippen molar-refractivity contribution in [3.05, 3.63) is 10.5 Å². The molecule has 0 aromatic carbocycles. The molecule has 2 saturated carbocycles. The van der Waals surface area contributed by atoms with Crippen molar-refractivity contribution in [3.63, 3.8) is 0 Å². The lowest BCUT2D eigenvalue weighted by atomic mass is 10.0. The smallest absolute Gasteiger partial charge is 0.184 e. The third-order valence-electron chi connectivity index (χ3n) is 3.40. The van der Waals surface area contributed by atoms with Gasteiger partial charge in [-0.2, -0.15) is 0 Å². The number of anilines is 1. The highest BCUT2D eigenvalue weighted by Crippen LogP contribution is 2.61. The molecule has 14 heavy (non-hydrogen) atoms. The Morgan fingerprint density at radius 1 is 1.57 bits per heavy atom. The molecule has 2 aliphatic rings. The van der Waals surface area contributed by atoms with Crippen molar-refractivity contribution in [1.82, 2.24) is 4.98 Å². The van der Waals surface area contributed by atoms with E-state index in [9.17, 15) is 0 Å². The van der Waals surface area contributed by atoms with Crippen LogP contribution in [0.1, 0.15) is 25.7 Å². The summed E-state index contributed by atoms with van der Waals surface area (Å²) in [7, 11) is 0. The zero-order valence-electron chi connectivity index (χ0n) is 7.92. The normalized spacial score (nSPS) is 23.5. The average Bonchev–Trinajstić information content (AvgIpc) is 3.03. The lowest BCUT2D eigenvalue weighted by molar-refractivity contribution is 0.467. The third-order valence-corrected chi connectivity index (χ3v) is 4.53. The Hall–Kier alpha value is -0.280. The van der Waals surface area contributed by atoms with Gasteiger partial charge in [-0.25, -0.2) is 4.98 Å². The summed E-state index contributed by atoms with van der Waals surface area (Å²) < 4.78 is 0. The fraction of sp³-hybridized carbons (Fsp3) is 0.700. The first-order chi connectivity index (χ1) is 6.78. The lowest BCUT2D eigenvalue weighted by Gasteiger charge is -2.13. The minimum atomic E-state index is 0.605.